The zero-order valence-corrected chi connectivity index (χ0v) is 48.0. The summed E-state index contributed by atoms with van der Waals surface area (Å²) in [6, 6.07) is -0.498. The van der Waals surface area contributed by atoms with Crippen LogP contribution in [0.4, 0.5) is 0 Å². The van der Waals surface area contributed by atoms with E-state index in [1.165, 1.54) is 0 Å². The van der Waals surface area contributed by atoms with Crippen LogP contribution in [-0.2, 0) is 56.9 Å². The highest BCUT2D eigenvalue weighted by Crippen LogP contribution is 2.22. The van der Waals surface area contributed by atoms with Gasteiger partial charge < -0.3 is 57.4 Å². The van der Waals surface area contributed by atoms with Crippen molar-refractivity contribution in [3.63, 3.8) is 0 Å². The molecule has 1 aliphatic rings. The minimum atomic E-state index is -0.360. The van der Waals surface area contributed by atoms with E-state index in [2.05, 4.69) is 12.2 Å². The van der Waals surface area contributed by atoms with Crippen LogP contribution in [0.2, 0.25) is 25.3 Å². The van der Waals surface area contributed by atoms with Crippen molar-refractivity contribution in [3.8, 4) is 0 Å². The average Bonchev–Trinajstić information content (AvgIpc) is 3.55. The third-order valence-corrected chi connectivity index (χ3v) is 8.66. The van der Waals surface area contributed by atoms with E-state index in [1.807, 2.05) is 138 Å². The highest BCUT2D eigenvalue weighted by atomic mass is 16.6. The number of amides is 1. The van der Waals surface area contributed by atoms with Crippen LogP contribution < -0.4 is 5.32 Å². The topological polar surface area (TPSA) is 131 Å². The van der Waals surface area contributed by atoms with E-state index in [0.717, 1.165) is 12.8 Å². The third kappa shape index (κ3) is 52.0. The van der Waals surface area contributed by atoms with Crippen molar-refractivity contribution in [2.45, 2.75) is 287 Å². The summed E-state index contributed by atoms with van der Waals surface area (Å²) >= 11 is 0. The molecule has 1 N–H and O–H groups in total. The lowest BCUT2D eigenvalue weighted by atomic mass is 9.91. The first-order valence-corrected chi connectivity index (χ1v) is 25.8. The van der Waals surface area contributed by atoms with E-state index >= 15 is 0 Å². The van der Waals surface area contributed by atoms with Gasteiger partial charge >= 0.3 is 0 Å². The standard InChI is InChI=1S/C11H22BNO3.C11H23BO2.C10H19BO3.C10H21BO2.C9H19BO2/c1-8(2)15-6-10(7-16-9(3)4)13-11(14)5-12;1-9(2)13-8-11(5,6-7-12)14-10(3)4;1-6(2)13-8-5-12-10(11)9(8)14-7(3)4;1-8(2)12-7-10(5-6-11)13-9(3)4;1-7(2)11-6-9(5-10)12-8(3)4/h8-10H,5-7H2,1-4H3,(H,13,14);9-10H,6-8H2,1-5H3;6-10H,5H2,1-4H3;8-10H,5-7H2,1-4H3;7-9H,5-6H2,1-4H3/t;;8?,9-,10+;;/m..0../s1. The summed E-state index contributed by atoms with van der Waals surface area (Å²) in [4.78, 5) is 11.2. The highest BCUT2D eigenvalue weighted by molar-refractivity contribution is 6.19. The molecule has 18 heteroatoms. The monoisotopic (exact) mass is 978 g/mol. The van der Waals surface area contributed by atoms with E-state index in [4.69, 9.17) is 91.3 Å². The Bertz CT molecular complexity index is 1120. The van der Waals surface area contributed by atoms with Crippen LogP contribution in [0.25, 0.3) is 0 Å². The molecular weight excluding hydrogens is 873 g/mol. The fourth-order valence-corrected chi connectivity index (χ4v) is 5.88. The van der Waals surface area contributed by atoms with Crippen molar-refractivity contribution in [2.24, 2.45) is 0 Å². The average molecular weight is 977 g/mol. The normalized spacial score (nSPS) is 17.8. The van der Waals surface area contributed by atoms with Gasteiger partial charge in [-0.25, -0.2) is 0 Å². The van der Waals surface area contributed by atoms with E-state index < -0.39 is 0 Å². The van der Waals surface area contributed by atoms with Crippen molar-refractivity contribution >= 4 is 45.1 Å². The van der Waals surface area contributed by atoms with Gasteiger partial charge in [0.2, 0.25) is 5.91 Å². The number of ether oxygens (including phenoxy) is 11. The van der Waals surface area contributed by atoms with Crippen LogP contribution in [-0.4, -0.2) is 188 Å². The number of carbonyl (C=O) groups excluding carboxylic acids is 1. The maximum atomic E-state index is 11.2. The second-order valence-corrected chi connectivity index (χ2v) is 20.1. The lowest BCUT2D eigenvalue weighted by Gasteiger charge is -2.32. The van der Waals surface area contributed by atoms with Gasteiger partial charge in [0.05, 0.1) is 156 Å². The van der Waals surface area contributed by atoms with Crippen LogP contribution >= 0.6 is 0 Å². The van der Waals surface area contributed by atoms with Crippen molar-refractivity contribution in [1.82, 2.24) is 5.32 Å². The minimum Gasteiger partial charge on any atom is -0.382 e. The van der Waals surface area contributed by atoms with Gasteiger partial charge in [0.1, 0.15) is 20.1 Å². The molecule has 0 aliphatic carbocycles. The van der Waals surface area contributed by atoms with Gasteiger partial charge in [-0.1, -0.05) is 19.0 Å². The molecule has 0 bridgehead atoms. The lowest BCUT2D eigenvalue weighted by Crippen LogP contribution is -2.42. The van der Waals surface area contributed by atoms with Crippen LogP contribution in [0.15, 0.2) is 0 Å². The van der Waals surface area contributed by atoms with Gasteiger partial charge in [-0.3, -0.25) is 4.79 Å². The van der Waals surface area contributed by atoms with Gasteiger partial charge in [-0.15, -0.1) is 0 Å². The molecule has 0 saturated carbocycles. The lowest BCUT2D eigenvalue weighted by molar-refractivity contribution is -0.123. The van der Waals surface area contributed by atoms with Crippen LogP contribution in [0.1, 0.15) is 158 Å². The largest absolute Gasteiger partial charge is 0.382 e. The smallest absolute Gasteiger partial charge is 0.211 e. The second-order valence-electron chi connectivity index (χ2n) is 20.1. The number of hydrogen-bond acceptors (Lipinski definition) is 12. The molecule has 4 unspecified atom stereocenters. The molecule has 1 rings (SSSR count). The van der Waals surface area contributed by atoms with E-state index in [0.29, 0.717) is 58.6 Å². The van der Waals surface area contributed by atoms with Gasteiger partial charge in [0, 0.05) is 6.00 Å². The van der Waals surface area contributed by atoms with Crippen LogP contribution in [0.5, 0.6) is 0 Å². The first kappa shape index (κ1) is 74.9. The van der Waals surface area contributed by atoms with Crippen LogP contribution in [0, 0.1) is 0 Å². The van der Waals surface area contributed by atoms with Crippen molar-refractivity contribution in [1.29, 1.82) is 0 Å². The summed E-state index contributed by atoms with van der Waals surface area (Å²) in [5, 5.41) is 2.76. The summed E-state index contributed by atoms with van der Waals surface area (Å²) in [6.07, 6.45) is 5.49. The first-order valence-electron chi connectivity index (χ1n) is 25.8. The molecule has 1 amide bonds. The van der Waals surface area contributed by atoms with E-state index in [9.17, 15) is 4.79 Å². The third-order valence-electron chi connectivity index (χ3n) is 8.66. The molecule has 0 aromatic rings. The Morgan fingerprint density at radius 1 is 0.565 bits per heavy atom. The maximum absolute atomic E-state index is 11.2. The zero-order valence-electron chi connectivity index (χ0n) is 48.0. The van der Waals surface area contributed by atoms with Crippen molar-refractivity contribution < 1.29 is 56.9 Å². The number of carbonyl (C=O) groups is 1. The molecule has 69 heavy (non-hydrogen) atoms. The summed E-state index contributed by atoms with van der Waals surface area (Å²) in [7, 11) is 27.5. The SMILES string of the molecule is [B]CC(=O)NC(COC(C)C)COC(C)C.[B]CC(COC(C)C)OC(C)C.[B]CCC(C)(COC(C)C)OC(C)C.[B]CCC(COC(C)C)OC(C)C.[B][C@@H]1OCC(OC(C)C)[C@@H]1OC(C)C. The Kier molecular flexibility index (Phi) is 49.8. The Morgan fingerprint density at radius 3 is 1.36 bits per heavy atom. The summed E-state index contributed by atoms with van der Waals surface area (Å²) in [6.45, 7) is 45.3. The molecule has 0 aromatic carbocycles. The van der Waals surface area contributed by atoms with Crippen molar-refractivity contribution in [3.05, 3.63) is 0 Å². The Morgan fingerprint density at radius 2 is 1.00 bits per heavy atom. The van der Waals surface area contributed by atoms with E-state index in [-0.39, 0.29) is 115 Å². The number of hydrogen-bond donors (Lipinski definition) is 1. The van der Waals surface area contributed by atoms with Crippen LogP contribution in [0.3, 0.4) is 0 Å². The molecular formula is C51H104B5NO12. The quantitative estimate of drug-likeness (QED) is 0.0649. The molecule has 1 saturated heterocycles. The van der Waals surface area contributed by atoms with Crippen molar-refractivity contribution in [2.75, 3.05) is 39.6 Å². The molecule has 1 aliphatic heterocycles. The number of nitrogens with one attached hydrogen (secondary N) is 1. The fraction of sp³-hybridized carbons (Fsp3) is 0.980. The maximum Gasteiger partial charge on any atom is 0.211 e. The predicted octanol–water partition coefficient (Wildman–Crippen LogP) is 8.55. The Labute approximate surface area is 432 Å². The molecule has 400 valence electrons. The number of rotatable bonds is 32. The molecule has 13 nitrogen and oxygen atoms in total. The highest BCUT2D eigenvalue weighted by Gasteiger charge is 2.36. The summed E-state index contributed by atoms with van der Waals surface area (Å²) < 4.78 is 60.9. The van der Waals surface area contributed by atoms with E-state index in [1.54, 1.807) is 0 Å². The zero-order chi connectivity index (χ0) is 54.3. The van der Waals surface area contributed by atoms with Gasteiger partial charge in [0.15, 0.2) is 0 Å². The first-order chi connectivity index (χ1) is 32.0. The molecule has 6 atom stereocenters. The molecule has 1 fully saturated rings. The molecule has 10 radical (unpaired) electrons. The van der Waals surface area contributed by atoms with Gasteiger partial charge in [0.25, 0.3) is 0 Å². The minimum absolute atomic E-state index is 0.0140. The van der Waals surface area contributed by atoms with Gasteiger partial charge in [-0.2, -0.15) is 0 Å². The predicted molar refractivity (Wildman–Crippen MR) is 289 cm³/mol. The molecule has 0 aromatic heterocycles. The molecule has 0 spiro atoms. The fourth-order valence-electron chi connectivity index (χ4n) is 5.88. The molecule has 1 heterocycles. The summed E-state index contributed by atoms with van der Waals surface area (Å²) in [5.41, 5.74) is -0.243. The second kappa shape index (κ2) is 45.9. The van der Waals surface area contributed by atoms with Gasteiger partial charge in [-0.05, 0) is 165 Å². The summed E-state index contributed by atoms with van der Waals surface area (Å²) in [5.74, 6) is -0.190. The Hall–Kier alpha value is -0.645. The Balaban J connectivity index is -0.000000384.